The molecule has 3 rings (SSSR count). The fourth-order valence-corrected chi connectivity index (χ4v) is 5.00. The Balaban J connectivity index is 1.92. The fourth-order valence-electron chi connectivity index (χ4n) is 2.98. The monoisotopic (exact) mass is 274 g/mol. The maximum atomic E-state index is 11.9. The van der Waals surface area contributed by atoms with Crippen molar-refractivity contribution in [1.82, 2.24) is 0 Å². The lowest BCUT2D eigenvalue weighted by atomic mass is 9.84. The van der Waals surface area contributed by atoms with Crippen molar-refractivity contribution in [2.75, 3.05) is 0 Å². The van der Waals surface area contributed by atoms with Crippen LogP contribution in [0.4, 0.5) is 0 Å². The number of esters is 1. The van der Waals surface area contributed by atoms with E-state index in [0.717, 1.165) is 0 Å². The molecule has 5 unspecified atom stereocenters. The average molecular weight is 274 g/mol. The standard InChI is InChI=1S/C11H14O6S/c1-5(2)10(12)16-7-6-4-11(3)9(15-6)8(7)18(13,14)17-11/h6-9H,1,4H2,2-3H3. The number of ether oxygens (including phenoxy) is 2. The number of fused-ring (bicyclic) bond motifs is 1. The number of hydrogen-bond donors (Lipinski definition) is 0. The van der Waals surface area contributed by atoms with Crippen molar-refractivity contribution in [3.05, 3.63) is 12.2 Å². The molecular weight excluding hydrogens is 260 g/mol. The second kappa shape index (κ2) is 3.34. The molecule has 0 saturated carbocycles. The van der Waals surface area contributed by atoms with Crippen LogP contribution in [0.25, 0.3) is 0 Å². The first-order valence-corrected chi connectivity index (χ1v) is 7.18. The van der Waals surface area contributed by atoms with Gasteiger partial charge in [-0.1, -0.05) is 6.58 Å². The molecule has 6 nitrogen and oxygen atoms in total. The summed E-state index contributed by atoms with van der Waals surface area (Å²) in [6, 6.07) is 0. The van der Waals surface area contributed by atoms with E-state index in [9.17, 15) is 13.2 Å². The van der Waals surface area contributed by atoms with Crippen molar-refractivity contribution >= 4 is 16.1 Å². The van der Waals surface area contributed by atoms with Crippen LogP contribution in [0.2, 0.25) is 0 Å². The zero-order valence-corrected chi connectivity index (χ0v) is 10.9. The van der Waals surface area contributed by atoms with Crippen molar-refractivity contribution in [2.24, 2.45) is 0 Å². The molecule has 0 amide bonds. The molecular formula is C11H14O6S. The number of rotatable bonds is 2. The van der Waals surface area contributed by atoms with Gasteiger partial charge in [0.05, 0.1) is 6.10 Å². The van der Waals surface area contributed by atoms with E-state index in [1.807, 2.05) is 0 Å². The molecule has 2 bridgehead atoms. The van der Waals surface area contributed by atoms with Crippen LogP contribution in [0.15, 0.2) is 12.2 Å². The average Bonchev–Trinajstić information content (AvgIpc) is 2.73. The minimum atomic E-state index is -3.74. The smallest absolute Gasteiger partial charge is 0.333 e. The van der Waals surface area contributed by atoms with E-state index < -0.39 is 45.3 Å². The summed E-state index contributed by atoms with van der Waals surface area (Å²) in [5, 5.41) is -0.912. The third-order valence-electron chi connectivity index (χ3n) is 3.75. The Kier molecular flexibility index (Phi) is 2.25. The largest absolute Gasteiger partial charge is 0.455 e. The lowest BCUT2D eigenvalue weighted by Crippen LogP contribution is -2.47. The summed E-state index contributed by atoms with van der Waals surface area (Å²) in [6.07, 6.45) is -1.33. The summed E-state index contributed by atoms with van der Waals surface area (Å²) in [7, 11) is -3.74. The molecule has 3 saturated heterocycles. The van der Waals surface area contributed by atoms with Gasteiger partial charge >= 0.3 is 5.97 Å². The van der Waals surface area contributed by atoms with E-state index in [0.29, 0.717) is 6.42 Å². The molecule has 3 heterocycles. The van der Waals surface area contributed by atoms with Crippen molar-refractivity contribution in [2.45, 2.75) is 49.4 Å². The van der Waals surface area contributed by atoms with Crippen LogP contribution in [0.5, 0.6) is 0 Å². The Morgan fingerprint density at radius 1 is 1.50 bits per heavy atom. The normalized spacial score (nSPS) is 47.2. The van der Waals surface area contributed by atoms with E-state index in [1.165, 1.54) is 6.92 Å². The Morgan fingerprint density at radius 3 is 2.78 bits per heavy atom. The van der Waals surface area contributed by atoms with Crippen LogP contribution in [0.3, 0.4) is 0 Å². The maximum Gasteiger partial charge on any atom is 0.333 e. The highest BCUT2D eigenvalue weighted by Gasteiger charge is 2.73. The predicted octanol–water partition coefficient (Wildman–Crippen LogP) is 0.133. The van der Waals surface area contributed by atoms with Crippen LogP contribution in [-0.2, 0) is 28.6 Å². The van der Waals surface area contributed by atoms with Crippen LogP contribution < -0.4 is 0 Å². The van der Waals surface area contributed by atoms with Gasteiger partial charge in [-0.05, 0) is 13.8 Å². The van der Waals surface area contributed by atoms with Crippen molar-refractivity contribution in [3.8, 4) is 0 Å². The van der Waals surface area contributed by atoms with Gasteiger partial charge in [-0.25, -0.2) is 4.79 Å². The van der Waals surface area contributed by atoms with Crippen LogP contribution in [0, 0.1) is 0 Å². The first-order chi connectivity index (χ1) is 8.24. The molecule has 0 aliphatic carbocycles. The second-order valence-corrected chi connectivity index (χ2v) is 7.00. The lowest BCUT2D eigenvalue weighted by molar-refractivity contribution is -0.146. The van der Waals surface area contributed by atoms with Crippen LogP contribution in [-0.4, -0.2) is 43.5 Å². The first kappa shape index (κ1) is 12.1. The van der Waals surface area contributed by atoms with Gasteiger partial charge in [0.2, 0.25) is 0 Å². The molecule has 0 spiro atoms. The highest BCUT2D eigenvalue weighted by atomic mass is 32.2. The quantitative estimate of drug-likeness (QED) is 0.405. The first-order valence-electron chi connectivity index (χ1n) is 5.71. The molecule has 3 aliphatic rings. The Bertz CT molecular complexity index is 538. The van der Waals surface area contributed by atoms with Crippen molar-refractivity contribution in [1.29, 1.82) is 0 Å². The molecule has 3 fully saturated rings. The van der Waals surface area contributed by atoms with E-state index in [2.05, 4.69) is 6.58 Å². The van der Waals surface area contributed by atoms with Gasteiger partial charge in [0.1, 0.15) is 11.7 Å². The number of carbonyl (C=O) groups excluding carboxylic acids is 1. The van der Waals surface area contributed by atoms with Crippen molar-refractivity contribution < 1.29 is 26.9 Å². The zero-order valence-electron chi connectivity index (χ0n) is 10.1. The third-order valence-corrected chi connectivity index (χ3v) is 5.54. The topological polar surface area (TPSA) is 78.9 Å². The molecule has 0 aromatic carbocycles. The Hall–Kier alpha value is -0.920. The zero-order chi connectivity index (χ0) is 13.3. The van der Waals surface area contributed by atoms with Gasteiger partial charge in [0.15, 0.2) is 11.4 Å². The SMILES string of the molecule is C=C(C)C(=O)OC1C2CC3(C)OS(=O)(=O)C1C3O2. The van der Waals surface area contributed by atoms with Gasteiger partial charge in [0, 0.05) is 12.0 Å². The predicted molar refractivity (Wildman–Crippen MR) is 60.2 cm³/mol. The summed E-state index contributed by atoms with van der Waals surface area (Å²) < 4.78 is 39.8. The van der Waals surface area contributed by atoms with Crippen molar-refractivity contribution in [3.63, 3.8) is 0 Å². The minimum absolute atomic E-state index is 0.233. The summed E-state index contributed by atoms with van der Waals surface area (Å²) >= 11 is 0. The molecule has 5 atom stereocenters. The molecule has 3 aliphatic heterocycles. The molecule has 0 aromatic rings. The summed E-state index contributed by atoms with van der Waals surface area (Å²) in [5.41, 5.74) is -0.572. The van der Waals surface area contributed by atoms with E-state index in [4.69, 9.17) is 13.7 Å². The number of hydrogen-bond acceptors (Lipinski definition) is 6. The summed E-state index contributed by atoms with van der Waals surface area (Å²) in [5.74, 6) is -0.597. The van der Waals surface area contributed by atoms with Gasteiger partial charge in [-0.3, -0.25) is 4.18 Å². The molecule has 7 heteroatoms. The van der Waals surface area contributed by atoms with Crippen LogP contribution in [0.1, 0.15) is 20.3 Å². The minimum Gasteiger partial charge on any atom is -0.455 e. The van der Waals surface area contributed by atoms with Crippen LogP contribution >= 0.6 is 0 Å². The molecule has 100 valence electrons. The summed E-state index contributed by atoms with van der Waals surface area (Å²) in [6.45, 7) is 6.70. The van der Waals surface area contributed by atoms with E-state index in [1.54, 1.807) is 6.92 Å². The molecule has 0 radical (unpaired) electrons. The highest BCUT2D eigenvalue weighted by molar-refractivity contribution is 7.87. The van der Waals surface area contributed by atoms with Gasteiger partial charge in [0.25, 0.3) is 10.1 Å². The fraction of sp³-hybridized carbons (Fsp3) is 0.727. The number of carbonyl (C=O) groups is 1. The highest BCUT2D eigenvalue weighted by Crippen LogP contribution is 2.54. The maximum absolute atomic E-state index is 11.9. The summed E-state index contributed by atoms with van der Waals surface area (Å²) in [4.78, 5) is 11.5. The van der Waals surface area contributed by atoms with Gasteiger partial charge < -0.3 is 9.47 Å². The van der Waals surface area contributed by atoms with Gasteiger partial charge in [-0.2, -0.15) is 8.42 Å². The Morgan fingerprint density at radius 2 is 2.17 bits per heavy atom. The molecule has 0 N–H and O–H groups in total. The lowest BCUT2D eigenvalue weighted by Gasteiger charge is -2.26. The van der Waals surface area contributed by atoms with E-state index >= 15 is 0 Å². The second-order valence-electron chi connectivity index (χ2n) is 5.30. The van der Waals surface area contributed by atoms with E-state index in [-0.39, 0.29) is 5.57 Å². The Labute approximate surface area is 105 Å². The molecule has 18 heavy (non-hydrogen) atoms. The van der Waals surface area contributed by atoms with Gasteiger partial charge in [-0.15, -0.1) is 0 Å². The third kappa shape index (κ3) is 1.41. The molecule has 0 aromatic heterocycles.